The van der Waals surface area contributed by atoms with Crippen molar-refractivity contribution in [2.24, 2.45) is 0 Å². The first kappa shape index (κ1) is 18.4. The van der Waals surface area contributed by atoms with Gasteiger partial charge in [0.25, 0.3) is 0 Å². The zero-order valence-corrected chi connectivity index (χ0v) is 15.1. The molecule has 0 heterocycles. The van der Waals surface area contributed by atoms with Gasteiger partial charge in [0.2, 0.25) is 5.91 Å². The smallest absolute Gasteiger partial charge is 0.221 e. The van der Waals surface area contributed by atoms with Crippen molar-refractivity contribution in [1.29, 1.82) is 0 Å². The molecule has 128 valence electrons. The number of benzene rings is 2. The van der Waals surface area contributed by atoms with E-state index in [0.29, 0.717) is 6.42 Å². The van der Waals surface area contributed by atoms with Gasteiger partial charge in [-0.3, -0.25) is 4.79 Å². The van der Waals surface area contributed by atoms with E-state index in [2.05, 4.69) is 24.4 Å². The van der Waals surface area contributed by atoms with Crippen LogP contribution in [0, 0.1) is 0 Å². The summed E-state index contributed by atoms with van der Waals surface area (Å²) in [6.45, 7) is 2.08. The van der Waals surface area contributed by atoms with Crippen LogP contribution in [0.25, 0.3) is 0 Å². The van der Waals surface area contributed by atoms with Crippen molar-refractivity contribution in [3.63, 3.8) is 0 Å². The average molecular weight is 343 g/mol. The van der Waals surface area contributed by atoms with Crippen LogP contribution in [0.4, 0.5) is 0 Å². The first-order valence-electron chi connectivity index (χ1n) is 8.28. The average Bonchev–Trinajstić information content (AvgIpc) is 2.64. The molecule has 1 N–H and O–H groups in total. The molecular formula is C20H25NO2S. The summed E-state index contributed by atoms with van der Waals surface area (Å²) in [5, 5.41) is 3.13. The lowest BCUT2D eigenvalue weighted by Crippen LogP contribution is -2.28. The molecule has 0 aliphatic heterocycles. The molecule has 24 heavy (non-hydrogen) atoms. The fourth-order valence-corrected chi connectivity index (χ4v) is 3.36. The molecule has 0 spiro atoms. The molecule has 2 rings (SSSR count). The third-order valence-corrected chi connectivity index (χ3v) is 4.88. The number of hydrogen-bond donors (Lipinski definition) is 1. The van der Waals surface area contributed by atoms with Crippen LogP contribution in [0.2, 0.25) is 0 Å². The maximum absolute atomic E-state index is 12.2. The highest BCUT2D eigenvalue weighted by atomic mass is 32.2. The van der Waals surface area contributed by atoms with Crippen molar-refractivity contribution in [3.8, 4) is 5.75 Å². The summed E-state index contributed by atoms with van der Waals surface area (Å²) in [5.74, 6) is 2.72. The zero-order chi connectivity index (χ0) is 17.2. The third-order valence-electron chi connectivity index (χ3n) is 3.85. The number of nitrogens with one attached hydrogen (secondary N) is 1. The van der Waals surface area contributed by atoms with Crippen molar-refractivity contribution in [3.05, 3.63) is 65.7 Å². The second-order valence-electron chi connectivity index (χ2n) is 5.59. The second kappa shape index (κ2) is 10.0. The van der Waals surface area contributed by atoms with Gasteiger partial charge in [0.15, 0.2) is 0 Å². The maximum Gasteiger partial charge on any atom is 0.221 e. The van der Waals surface area contributed by atoms with Gasteiger partial charge in [0.1, 0.15) is 5.75 Å². The van der Waals surface area contributed by atoms with Crippen molar-refractivity contribution < 1.29 is 9.53 Å². The van der Waals surface area contributed by atoms with E-state index in [1.165, 1.54) is 5.56 Å². The Bertz CT molecular complexity index is 613. The van der Waals surface area contributed by atoms with Gasteiger partial charge in [0, 0.05) is 17.9 Å². The Kier molecular flexibility index (Phi) is 7.69. The summed E-state index contributed by atoms with van der Waals surface area (Å²) in [5.41, 5.74) is 2.41. The molecule has 0 fully saturated rings. The van der Waals surface area contributed by atoms with Gasteiger partial charge in [-0.2, -0.15) is 11.8 Å². The largest absolute Gasteiger partial charge is 0.497 e. The lowest BCUT2D eigenvalue weighted by molar-refractivity contribution is -0.121. The Morgan fingerprint density at radius 3 is 2.46 bits per heavy atom. The van der Waals surface area contributed by atoms with Gasteiger partial charge in [-0.25, -0.2) is 0 Å². The van der Waals surface area contributed by atoms with Gasteiger partial charge in [-0.1, -0.05) is 49.4 Å². The van der Waals surface area contributed by atoms with E-state index in [0.717, 1.165) is 29.2 Å². The van der Waals surface area contributed by atoms with Gasteiger partial charge in [-0.15, -0.1) is 0 Å². The molecule has 4 heteroatoms. The van der Waals surface area contributed by atoms with E-state index < -0.39 is 0 Å². The fourth-order valence-electron chi connectivity index (χ4n) is 2.45. The predicted molar refractivity (Wildman–Crippen MR) is 101 cm³/mol. The number of hydrogen-bond acceptors (Lipinski definition) is 3. The minimum atomic E-state index is 0.0579. The fraction of sp³-hybridized carbons (Fsp3) is 0.350. The lowest BCUT2D eigenvalue weighted by atomic mass is 10.0. The summed E-state index contributed by atoms with van der Waals surface area (Å²) >= 11 is 1.79. The van der Waals surface area contributed by atoms with Crippen LogP contribution in [0.3, 0.4) is 0 Å². The lowest BCUT2D eigenvalue weighted by Gasteiger charge is -2.18. The molecule has 2 aromatic carbocycles. The van der Waals surface area contributed by atoms with E-state index in [-0.39, 0.29) is 11.9 Å². The predicted octanol–water partition coefficient (Wildman–Crippen LogP) is 4.59. The van der Waals surface area contributed by atoms with Crippen LogP contribution >= 0.6 is 11.8 Å². The van der Waals surface area contributed by atoms with Gasteiger partial charge >= 0.3 is 0 Å². The molecule has 0 aliphatic rings. The summed E-state index contributed by atoms with van der Waals surface area (Å²) in [4.78, 5) is 12.2. The monoisotopic (exact) mass is 343 g/mol. The number of rotatable bonds is 9. The van der Waals surface area contributed by atoms with Gasteiger partial charge in [-0.05, 0) is 29.7 Å². The SMILES string of the molecule is CC[C@@H](NC(=O)CCSCc1ccccc1)c1ccc(OC)cc1. The molecule has 1 amide bonds. The summed E-state index contributed by atoms with van der Waals surface area (Å²) < 4.78 is 5.18. The summed E-state index contributed by atoms with van der Waals surface area (Å²) in [7, 11) is 1.65. The first-order chi connectivity index (χ1) is 11.7. The van der Waals surface area contributed by atoms with Gasteiger partial charge in [0.05, 0.1) is 13.2 Å². The van der Waals surface area contributed by atoms with E-state index in [1.54, 1.807) is 18.9 Å². The Hall–Kier alpha value is -1.94. The molecule has 1 atom stereocenters. The van der Waals surface area contributed by atoms with Crippen LogP contribution in [-0.4, -0.2) is 18.8 Å². The Morgan fingerprint density at radius 2 is 1.83 bits per heavy atom. The van der Waals surface area contributed by atoms with E-state index >= 15 is 0 Å². The highest BCUT2D eigenvalue weighted by Gasteiger charge is 2.12. The third kappa shape index (κ3) is 5.93. The Balaban J connectivity index is 1.75. The Labute approximate surface area is 148 Å². The Morgan fingerprint density at radius 1 is 1.12 bits per heavy atom. The number of amides is 1. The summed E-state index contributed by atoms with van der Waals surface area (Å²) in [6.07, 6.45) is 1.42. The van der Waals surface area contributed by atoms with Crippen LogP contribution < -0.4 is 10.1 Å². The minimum Gasteiger partial charge on any atom is -0.497 e. The normalized spacial score (nSPS) is 11.8. The number of ether oxygens (including phenoxy) is 1. The highest BCUT2D eigenvalue weighted by Crippen LogP contribution is 2.20. The maximum atomic E-state index is 12.2. The molecule has 0 aromatic heterocycles. The molecule has 0 saturated heterocycles. The number of carbonyl (C=O) groups excluding carboxylic acids is 1. The highest BCUT2D eigenvalue weighted by molar-refractivity contribution is 7.98. The molecule has 0 saturated carbocycles. The van der Waals surface area contributed by atoms with Gasteiger partial charge < -0.3 is 10.1 Å². The van der Waals surface area contributed by atoms with Crippen molar-refractivity contribution >= 4 is 17.7 Å². The van der Waals surface area contributed by atoms with Crippen molar-refractivity contribution in [1.82, 2.24) is 5.32 Å². The van der Waals surface area contributed by atoms with Crippen molar-refractivity contribution in [2.75, 3.05) is 12.9 Å². The van der Waals surface area contributed by atoms with Crippen LogP contribution in [0.1, 0.15) is 36.9 Å². The topological polar surface area (TPSA) is 38.3 Å². The number of methoxy groups -OCH3 is 1. The first-order valence-corrected chi connectivity index (χ1v) is 9.43. The molecule has 0 radical (unpaired) electrons. The molecule has 0 bridgehead atoms. The van der Waals surface area contributed by atoms with Crippen LogP contribution in [0.15, 0.2) is 54.6 Å². The molecule has 3 nitrogen and oxygen atoms in total. The number of carbonyl (C=O) groups is 1. The van der Waals surface area contributed by atoms with Crippen LogP contribution in [-0.2, 0) is 10.5 Å². The standard InChI is InChI=1S/C20H25NO2S/c1-3-19(17-9-11-18(23-2)12-10-17)21-20(22)13-14-24-15-16-7-5-4-6-8-16/h4-12,19H,3,13-15H2,1-2H3,(H,21,22)/t19-/m1/s1. The molecular weight excluding hydrogens is 318 g/mol. The summed E-state index contributed by atoms with van der Waals surface area (Å²) in [6, 6.07) is 18.3. The number of thioether (sulfide) groups is 1. The minimum absolute atomic E-state index is 0.0579. The molecule has 0 aliphatic carbocycles. The van der Waals surface area contributed by atoms with E-state index in [1.807, 2.05) is 42.5 Å². The molecule has 2 aromatic rings. The zero-order valence-electron chi connectivity index (χ0n) is 14.3. The van der Waals surface area contributed by atoms with Crippen molar-refractivity contribution in [2.45, 2.75) is 31.6 Å². The van der Waals surface area contributed by atoms with Crippen LogP contribution in [0.5, 0.6) is 5.75 Å². The quantitative estimate of drug-likeness (QED) is 0.677. The second-order valence-corrected chi connectivity index (χ2v) is 6.69. The van der Waals surface area contributed by atoms with E-state index in [9.17, 15) is 4.79 Å². The molecule has 0 unspecified atom stereocenters. The van der Waals surface area contributed by atoms with E-state index in [4.69, 9.17) is 4.74 Å².